The van der Waals surface area contributed by atoms with E-state index in [2.05, 4.69) is 50.2 Å². The van der Waals surface area contributed by atoms with E-state index in [9.17, 15) is 0 Å². The number of nitrogens with zero attached hydrogens (tertiary/aromatic N) is 2. The molecule has 1 rings (SSSR count). The average molecular weight is 278 g/mol. The number of anilines is 2. The van der Waals surface area contributed by atoms with E-state index < -0.39 is 0 Å². The highest BCUT2D eigenvalue weighted by Gasteiger charge is 2.20. The van der Waals surface area contributed by atoms with Crippen LogP contribution in [0.1, 0.15) is 64.8 Å². The molecule has 4 heteroatoms. The molecule has 4 nitrogen and oxygen atoms in total. The van der Waals surface area contributed by atoms with Gasteiger partial charge in [-0.2, -0.15) is 0 Å². The fourth-order valence-corrected chi connectivity index (χ4v) is 2.03. The van der Waals surface area contributed by atoms with Gasteiger partial charge >= 0.3 is 0 Å². The molecule has 1 heterocycles. The third-order valence-electron chi connectivity index (χ3n) is 3.38. The van der Waals surface area contributed by atoms with E-state index in [0.29, 0.717) is 0 Å². The van der Waals surface area contributed by atoms with E-state index in [4.69, 9.17) is 4.98 Å². The molecule has 0 unspecified atom stereocenters. The van der Waals surface area contributed by atoms with Crippen LogP contribution in [0.15, 0.2) is 0 Å². The molecular formula is C16H30N4. The molecule has 1 aromatic rings. The van der Waals surface area contributed by atoms with Crippen LogP contribution in [0.5, 0.6) is 0 Å². The smallest absolute Gasteiger partial charge is 0.138 e. The van der Waals surface area contributed by atoms with Gasteiger partial charge < -0.3 is 10.6 Å². The summed E-state index contributed by atoms with van der Waals surface area (Å²) >= 11 is 0. The average Bonchev–Trinajstić information content (AvgIpc) is 2.39. The van der Waals surface area contributed by atoms with Crippen molar-refractivity contribution in [1.82, 2.24) is 9.97 Å². The summed E-state index contributed by atoms with van der Waals surface area (Å²) in [5.41, 5.74) is 1.05. The van der Waals surface area contributed by atoms with Gasteiger partial charge in [-0.25, -0.2) is 9.97 Å². The second-order valence-corrected chi connectivity index (χ2v) is 6.36. The lowest BCUT2D eigenvalue weighted by Gasteiger charge is -2.20. The first kappa shape index (κ1) is 16.7. The third kappa shape index (κ3) is 4.66. The lowest BCUT2D eigenvalue weighted by atomic mass is 9.95. The van der Waals surface area contributed by atoms with Gasteiger partial charge in [-0.3, -0.25) is 0 Å². The lowest BCUT2D eigenvalue weighted by Crippen LogP contribution is -2.19. The fourth-order valence-electron chi connectivity index (χ4n) is 2.03. The maximum atomic E-state index is 4.71. The molecule has 0 aliphatic carbocycles. The van der Waals surface area contributed by atoms with E-state index >= 15 is 0 Å². The van der Waals surface area contributed by atoms with Crippen LogP contribution in [0.25, 0.3) is 0 Å². The zero-order valence-electron chi connectivity index (χ0n) is 13.9. The Bertz CT molecular complexity index is 421. The maximum absolute atomic E-state index is 4.71. The topological polar surface area (TPSA) is 49.8 Å². The van der Waals surface area contributed by atoms with Gasteiger partial charge in [0.2, 0.25) is 0 Å². The first-order valence-corrected chi connectivity index (χ1v) is 7.71. The second kappa shape index (κ2) is 7.46. The highest BCUT2D eigenvalue weighted by Crippen LogP contribution is 2.26. The highest BCUT2D eigenvalue weighted by atomic mass is 15.1. The predicted octanol–water partition coefficient (Wildman–Crippen LogP) is 4.12. The molecule has 0 aromatic carbocycles. The second-order valence-electron chi connectivity index (χ2n) is 6.36. The van der Waals surface area contributed by atoms with Gasteiger partial charge in [0.1, 0.15) is 17.5 Å². The standard InChI is InChI=1S/C16H30N4/c1-7-8-9-10-11-18-14-12(2)13(17-6)19-15(20-14)16(3,4)5/h7-11H2,1-6H3,(H2,17,18,19,20). The molecule has 0 fully saturated rings. The Balaban J connectivity index is 2.83. The molecule has 0 atom stereocenters. The lowest BCUT2D eigenvalue weighted by molar-refractivity contribution is 0.546. The molecule has 0 aliphatic heterocycles. The zero-order valence-corrected chi connectivity index (χ0v) is 13.9. The van der Waals surface area contributed by atoms with Crippen molar-refractivity contribution < 1.29 is 0 Å². The van der Waals surface area contributed by atoms with Crippen LogP contribution in [0.4, 0.5) is 11.6 Å². The van der Waals surface area contributed by atoms with E-state index in [0.717, 1.165) is 29.6 Å². The molecule has 20 heavy (non-hydrogen) atoms. The SMILES string of the molecule is CCCCCCNc1nc(C(C)(C)C)nc(NC)c1C. The van der Waals surface area contributed by atoms with E-state index in [1.54, 1.807) is 0 Å². The monoisotopic (exact) mass is 278 g/mol. The van der Waals surface area contributed by atoms with Gasteiger partial charge in [-0.15, -0.1) is 0 Å². The maximum Gasteiger partial charge on any atom is 0.138 e. The Kier molecular flexibility index (Phi) is 6.24. The Hall–Kier alpha value is -1.32. The van der Waals surface area contributed by atoms with E-state index in [1.807, 2.05) is 7.05 Å². The Labute approximate surface area is 123 Å². The molecule has 1 aromatic heterocycles. The molecule has 2 N–H and O–H groups in total. The Morgan fingerprint density at radius 1 is 1.00 bits per heavy atom. The molecule has 0 amide bonds. The van der Waals surface area contributed by atoms with Crippen molar-refractivity contribution in [3.05, 3.63) is 11.4 Å². The molecule has 0 radical (unpaired) electrons. The van der Waals surface area contributed by atoms with Gasteiger partial charge in [-0.05, 0) is 13.3 Å². The van der Waals surface area contributed by atoms with Gasteiger partial charge in [0, 0.05) is 24.6 Å². The third-order valence-corrected chi connectivity index (χ3v) is 3.38. The van der Waals surface area contributed by atoms with Crippen LogP contribution in [-0.4, -0.2) is 23.6 Å². The normalized spacial score (nSPS) is 11.5. The van der Waals surface area contributed by atoms with Gasteiger partial charge in [-0.1, -0.05) is 47.0 Å². The van der Waals surface area contributed by atoms with Crippen molar-refractivity contribution in [2.45, 2.75) is 65.7 Å². The number of hydrogen-bond acceptors (Lipinski definition) is 4. The number of unbranched alkanes of at least 4 members (excludes halogenated alkanes) is 3. The molecule has 0 bridgehead atoms. The van der Waals surface area contributed by atoms with Crippen molar-refractivity contribution in [2.75, 3.05) is 24.2 Å². The fraction of sp³-hybridized carbons (Fsp3) is 0.750. The van der Waals surface area contributed by atoms with Crippen LogP contribution in [0.3, 0.4) is 0 Å². The van der Waals surface area contributed by atoms with Crippen LogP contribution in [0, 0.1) is 6.92 Å². The summed E-state index contributed by atoms with van der Waals surface area (Å²) in [6.07, 6.45) is 5.04. The molecule has 0 spiro atoms. The van der Waals surface area contributed by atoms with E-state index in [-0.39, 0.29) is 5.41 Å². The highest BCUT2D eigenvalue weighted by molar-refractivity contribution is 5.57. The molecular weight excluding hydrogens is 248 g/mol. The van der Waals surface area contributed by atoms with Crippen LogP contribution in [-0.2, 0) is 5.41 Å². The summed E-state index contributed by atoms with van der Waals surface area (Å²) < 4.78 is 0. The Morgan fingerprint density at radius 3 is 2.20 bits per heavy atom. The zero-order chi connectivity index (χ0) is 15.2. The van der Waals surface area contributed by atoms with Crippen molar-refractivity contribution in [3.63, 3.8) is 0 Å². The Morgan fingerprint density at radius 2 is 1.65 bits per heavy atom. The minimum atomic E-state index is -0.0437. The minimum absolute atomic E-state index is 0.0437. The summed E-state index contributed by atoms with van der Waals surface area (Å²) in [6.45, 7) is 11.7. The van der Waals surface area contributed by atoms with Gasteiger partial charge in [0.15, 0.2) is 0 Å². The summed E-state index contributed by atoms with van der Waals surface area (Å²) in [7, 11) is 1.91. The van der Waals surface area contributed by atoms with Crippen LogP contribution >= 0.6 is 0 Å². The number of hydrogen-bond donors (Lipinski definition) is 2. The van der Waals surface area contributed by atoms with Crippen molar-refractivity contribution in [3.8, 4) is 0 Å². The summed E-state index contributed by atoms with van der Waals surface area (Å²) in [4.78, 5) is 9.33. The first-order chi connectivity index (χ1) is 9.40. The largest absolute Gasteiger partial charge is 0.373 e. The molecule has 0 saturated carbocycles. The quantitative estimate of drug-likeness (QED) is 0.737. The predicted molar refractivity (Wildman–Crippen MR) is 87.6 cm³/mol. The molecule has 0 aliphatic rings. The van der Waals surface area contributed by atoms with E-state index in [1.165, 1.54) is 25.7 Å². The summed E-state index contributed by atoms with van der Waals surface area (Å²) in [5.74, 6) is 2.76. The van der Waals surface area contributed by atoms with Gasteiger partial charge in [0.05, 0.1) is 0 Å². The number of aromatic nitrogens is 2. The minimum Gasteiger partial charge on any atom is -0.373 e. The number of rotatable bonds is 7. The van der Waals surface area contributed by atoms with Crippen LogP contribution < -0.4 is 10.6 Å². The summed E-state index contributed by atoms with van der Waals surface area (Å²) in [5, 5.41) is 6.64. The van der Waals surface area contributed by atoms with Crippen LogP contribution in [0.2, 0.25) is 0 Å². The molecule has 114 valence electrons. The first-order valence-electron chi connectivity index (χ1n) is 7.71. The summed E-state index contributed by atoms with van der Waals surface area (Å²) in [6, 6.07) is 0. The van der Waals surface area contributed by atoms with Gasteiger partial charge in [0.25, 0.3) is 0 Å². The van der Waals surface area contributed by atoms with Crippen molar-refractivity contribution >= 4 is 11.6 Å². The molecule has 0 saturated heterocycles. The van der Waals surface area contributed by atoms with Crippen molar-refractivity contribution in [1.29, 1.82) is 0 Å². The van der Waals surface area contributed by atoms with Crippen molar-refractivity contribution in [2.24, 2.45) is 0 Å². The number of nitrogens with one attached hydrogen (secondary N) is 2.